The maximum Gasteiger partial charge on any atom is 0.207 e. The molecule has 0 aromatic rings. The Hall–Kier alpha value is -0.650. The third-order valence-corrected chi connectivity index (χ3v) is 2.50. The lowest BCUT2D eigenvalue weighted by atomic mass is 10.2. The Morgan fingerprint density at radius 2 is 2.07 bits per heavy atom. The molecule has 5 nitrogen and oxygen atoms in total. The van der Waals surface area contributed by atoms with Gasteiger partial charge in [-0.1, -0.05) is 0 Å². The summed E-state index contributed by atoms with van der Waals surface area (Å²) in [5, 5.41) is 12.0. The van der Waals surface area contributed by atoms with Gasteiger partial charge in [0.15, 0.2) is 0 Å². The SMILES string of the molecule is CN1CCN(CC(O)CNC=O)CC1. The molecule has 1 heterocycles. The van der Waals surface area contributed by atoms with Crippen LogP contribution in [0, 0.1) is 0 Å². The Kier molecular flexibility index (Phi) is 4.86. The van der Waals surface area contributed by atoms with Gasteiger partial charge in [0.25, 0.3) is 0 Å². The molecular formula is C9H19N3O2. The van der Waals surface area contributed by atoms with Crippen LogP contribution in [-0.2, 0) is 4.79 Å². The van der Waals surface area contributed by atoms with E-state index >= 15 is 0 Å². The van der Waals surface area contributed by atoms with E-state index in [0.717, 1.165) is 26.2 Å². The Morgan fingerprint density at radius 3 is 2.64 bits per heavy atom. The van der Waals surface area contributed by atoms with Crippen molar-refractivity contribution in [3.63, 3.8) is 0 Å². The van der Waals surface area contributed by atoms with E-state index < -0.39 is 6.10 Å². The summed E-state index contributed by atoms with van der Waals surface area (Å²) >= 11 is 0. The van der Waals surface area contributed by atoms with Gasteiger partial charge >= 0.3 is 0 Å². The first-order valence-corrected chi connectivity index (χ1v) is 4.98. The molecule has 1 atom stereocenters. The highest BCUT2D eigenvalue weighted by Crippen LogP contribution is 1.99. The number of amides is 1. The molecule has 0 aromatic heterocycles. The number of β-amino-alcohol motifs (C(OH)–C–C–N with tert-alkyl or cyclic N) is 1. The molecule has 1 fully saturated rings. The summed E-state index contributed by atoms with van der Waals surface area (Å²) < 4.78 is 0. The largest absolute Gasteiger partial charge is 0.390 e. The Balaban J connectivity index is 2.13. The highest BCUT2D eigenvalue weighted by molar-refractivity contribution is 5.45. The summed E-state index contributed by atoms with van der Waals surface area (Å²) in [6, 6.07) is 0. The van der Waals surface area contributed by atoms with E-state index in [4.69, 9.17) is 0 Å². The minimum absolute atomic E-state index is 0.343. The zero-order valence-electron chi connectivity index (χ0n) is 8.65. The van der Waals surface area contributed by atoms with Gasteiger partial charge in [-0.15, -0.1) is 0 Å². The van der Waals surface area contributed by atoms with Gasteiger partial charge in [0, 0.05) is 39.3 Å². The smallest absolute Gasteiger partial charge is 0.207 e. The molecule has 14 heavy (non-hydrogen) atoms. The summed E-state index contributed by atoms with van der Waals surface area (Å²) in [7, 11) is 2.10. The predicted molar refractivity (Wildman–Crippen MR) is 54.0 cm³/mol. The van der Waals surface area contributed by atoms with Gasteiger partial charge < -0.3 is 15.3 Å². The van der Waals surface area contributed by atoms with E-state index in [1.54, 1.807) is 0 Å². The summed E-state index contributed by atoms with van der Waals surface area (Å²) in [6.45, 7) is 5.08. The Bertz CT molecular complexity index is 169. The molecule has 1 rings (SSSR count). The molecule has 0 bridgehead atoms. The van der Waals surface area contributed by atoms with Crippen molar-refractivity contribution in [2.45, 2.75) is 6.10 Å². The van der Waals surface area contributed by atoms with Crippen molar-refractivity contribution >= 4 is 6.41 Å². The average Bonchev–Trinajstić information content (AvgIpc) is 2.18. The monoisotopic (exact) mass is 201 g/mol. The van der Waals surface area contributed by atoms with Crippen molar-refractivity contribution in [2.75, 3.05) is 46.3 Å². The number of likely N-dealkylation sites (N-methyl/N-ethyl adjacent to an activating group) is 1. The second kappa shape index (κ2) is 5.95. The van der Waals surface area contributed by atoms with Crippen molar-refractivity contribution in [1.29, 1.82) is 0 Å². The topological polar surface area (TPSA) is 55.8 Å². The van der Waals surface area contributed by atoms with Crippen LogP contribution < -0.4 is 5.32 Å². The third kappa shape index (κ3) is 4.04. The van der Waals surface area contributed by atoms with Crippen LogP contribution in [0.15, 0.2) is 0 Å². The van der Waals surface area contributed by atoms with Crippen LogP contribution in [0.5, 0.6) is 0 Å². The first kappa shape index (κ1) is 11.4. The normalized spacial score (nSPS) is 21.9. The van der Waals surface area contributed by atoms with Gasteiger partial charge in [0.2, 0.25) is 6.41 Å². The van der Waals surface area contributed by atoms with Crippen LogP contribution >= 0.6 is 0 Å². The van der Waals surface area contributed by atoms with Crippen molar-refractivity contribution < 1.29 is 9.90 Å². The molecule has 0 aliphatic carbocycles. The predicted octanol–water partition coefficient (Wildman–Crippen LogP) is -1.66. The highest BCUT2D eigenvalue weighted by Gasteiger charge is 2.16. The highest BCUT2D eigenvalue weighted by atomic mass is 16.3. The minimum Gasteiger partial charge on any atom is -0.390 e. The fourth-order valence-electron chi connectivity index (χ4n) is 1.58. The van der Waals surface area contributed by atoms with Crippen LogP contribution in [0.25, 0.3) is 0 Å². The molecule has 2 N–H and O–H groups in total. The molecule has 1 aliphatic rings. The quantitative estimate of drug-likeness (QED) is 0.523. The van der Waals surface area contributed by atoms with E-state index in [1.807, 2.05) is 0 Å². The molecule has 0 radical (unpaired) electrons. The van der Waals surface area contributed by atoms with Gasteiger partial charge in [0.1, 0.15) is 0 Å². The maximum absolute atomic E-state index is 10.0. The van der Waals surface area contributed by atoms with E-state index in [9.17, 15) is 9.90 Å². The molecule has 0 saturated carbocycles. The van der Waals surface area contributed by atoms with Gasteiger partial charge in [-0.3, -0.25) is 9.69 Å². The summed E-state index contributed by atoms with van der Waals surface area (Å²) in [6.07, 6.45) is 0.163. The fraction of sp³-hybridized carbons (Fsp3) is 0.889. The van der Waals surface area contributed by atoms with E-state index in [2.05, 4.69) is 22.2 Å². The van der Waals surface area contributed by atoms with Crippen LogP contribution in [0.1, 0.15) is 0 Å². The zero-order chi connectivity index (χ0) is 10.4. The molecule has 5 heteroatoms. The van der Waals surface area contributed by atoms with Crippen molar-refractivity contribution in [3.05, 3.63) is 0 Å². The fourth-order valence-corrected chi connectivity index (χ4v) is 1.58. The van der Waals surface area contributed by atoms with Crippen LogP contribution in [0.2, 0.25) is 0 Å². The molecule has 0 spiro atoms. The molecule has 0 aromatic carbocycles. The van der Waals surface area contributed by atoms with Gasteiger partial charge in [-0.25, -0.2) is 0 Å². The Morgan fingerprint density at radius 1 is 1.43 bits per heavy atom. The van der Waals surface area contributed by atoms with E-state index in [-0.39, 0.29) is 0 Å². The summed E-state index contributed by atoms with van der Waals surface area (Å²) in [5.41, 5.74) is 0. The lowest BCUT2D eigenvalue weighted by Crippen LogP contribution is -2.48. The minimum atomic E-state index is -0.455. The van der Waals surface area contributed by atoms with E-state index in [1.165, 1.54) is 0 Å². The van der Waals surface area contributed by atoms with Gasteiger partial charge in [-0.2, -0.15) is 0 Å². The number of piperazine rings is 1. The van der Waals surface area contributed by atoms with Crippen LogP contribution in [0.4, 0.5) is 0 Å². The van der Waals surface area contributed by atoms with Gasteiger partial charge in [0.05, 0.1) is 6.10 Å². The number of hydrogen-bond acceptors (Lipinski definition) is 4. The molecule has 1 unspecified atom stereocenters. The average molecular weight is 201 g/mol. The molecule has 1 aliphatic heterocycles. The Labute approximate surface area is 84.7 Å². The summed E-state index contributed by atoms with van der Waals surface area (Å²) in [4.78, 5) is 14.5. The number of nitrogens with one attached hydrogen (secondary N) is 1. The first-order chi connectivity index (χ1) is 6.72. The number of nitrogens with zero attached hydrogens (tertiary/aromatic N) is 2. The number of aliphatic hydroxyl groups is 1. The second-order valence-electron chi connectivity index (χ2n) is 3.78. The zero-order valence-corrected chi connectivity index (χ0v) is 8.65. The number of rotatable bonds is 5. The first-order valence-electron chi connectivity index (χ1n) is 4.98. The van der Waals surface area contributed by atoms with Crippen molar-refractivity contribution in [2.24, 2.45) is 0 Å². The number of hydrogen-bond donors (Lipinski definition) is 2. The maximum atomic E-state index is 10.0. The second-order valence-corrected chi connectivity index (χ2v) is 3.78. The van der Waals surface area contributed by atoms with Crippen molar-refractivity contribution in [3.8, 4) is 0 Å². The third-order valence-electron chi connectivity index (χ3n) is 2.50. The summed E-state index contributed by atoms with van der Waals surface area (Å²) in [5.74, 6) is 0. The van der Waals surface area contributed by atoms with Gasteiger partial charge in [-0.05, 0) is 7.05 Å². The lowest BCUT2D eigenvalue weighted by molar-refractivity contribution is -0.110. The molecule has 1 amide bonds. The van der Waals surface area contributed by atoms with Crippen LogP contribution in [-0.4, -0.2) is 73.7 Å². The number of carbonyl (C=O) groups excluding carboxylic acids is 1. The van der Waals surface area contributed by atoms with Crippen molar-refractivity contribution in [1.82, 2.24) is 15.1 Å². The standard InChI is InChI=1S/C9H19N3O2/c1-11-2-4-12(5-3-11)7-9(14)6-10-8-13/h8-9,14H,2-7H2,1H3,(H,10,13). The number of carbonyl (C=O) groups is 1. The van der Waals surface area contributed by atoms with Crippen LogP contribution in [0.3, 0.4) is 0 Å². The van der Waals surface area contributed by atoms with E-state index in [0.29, 0.717) is 19.5 Å². The molecular weight excluding hydrogens is 182 g/mol. The number of aliphatic hydroxyl groups excluding tert-OH is 1. The molecule has 82 valence electrons. The molecule has 1 saturated heterocycles. The lowest BCUT2D eigenvalue weighted by Gasteiger charge is -2.33.